The average Bonchev–Trinajstić information content (AvgIpc) is 3.23. The van der Waals surface area contributed by atoms with E-state index < -0.39 is 0 Å². The lowest BCUT2D eigenvalue weighted by Gasteiger charge is -1.99. The molecule has 4 aromatic rings. The maximum absolute atomic E-state index is 11.9. The van der Waals surface area contributed by atoms with E-state index in [1.54, 1.807) is 17.4 Å². The van der Waals surface area contributed by atoms with Crippen molar-refractivity contribution >= 4 is 44.6 Å². The maximum Gasteiger partial charge on any atom is 0.244 e. The number of hydrogen-bond donors (Lipinski definition) is 2. The lowest BCUT2D eigenvalue weighted by atomic mass is 10.3. The summed E-state index contributed by atoms with van der Waals surface area (Å²) in [6.45, 7) is 0.531. The minimum atomic E-state index is -0.129. The number of fused-ring (bicyclic) bond motifs is 2. The Labute approximate surface area is 148 Å². The lowest BCUT2D eigenvalue weighted by molar-refractivity contribution is -0.116. The van der Waals surface area contributed by atoms with Crippen LogP contribution in [0.2, 0.25) is 0 Å². The molecule has 0 aliphatic heterocycles. The Morgan fingerprint density at radius 3 is 2.72 bits per heavy atom. The molecule has 0 atom stereocenters. The van der Waals surface area contributed by atoms with Gasteiger partial charge in [-0.05, 0) is 30.3 Å². The molecule has 6 heteroatoms. The van der Waals surface area contributed by atoms with Gasteiger partial charge in [0.15, 0.2) is 0 Å². The van der Waals surface area contributed by atoms with Crippen molar-refractivity contribution < 1.29 is 4.79 Å². The van der Waals surface area contributed by atoms with Crippen molar-refractivity contribution in [1.29, 1.82) is 0 Å². The van der Waals surface area contributed by atoms with E-state index in [-0.39, 0.29) is 5.91 Å². The third-order valence-corrected chi connectivity index (χ3v) is 4.79. The summed E-state index contributed by atoms with van der Waals surface area (Å²) in [4.78, 5) is 24.2. The molecule has 5 nitrogen and oxygen atoms in total. The standard InChI is InChI=1S/C19H16N4OS/c24-18(9-10-19-23-15-7-3-4-8-16(15)25-19)20-12-11-17-21-13-5-1-2-6-14(13)22-17/h1-10H,11-12H2,(H,20,24)(H,21,22)/b10-9+. The van der Waals surface area contributed by atoms with Crippen LogP contribution in [0.1, 0.15) is 10.8 Å². The molecule has 0 bridgehead atoms. The molecule has 2 N–H and O–H groups in total. The van der Waals surface area contributed by atoms with E-state index in [2.05, 4.69) is 20.3 Å². The van der Waals surface area contributed by atoms with Crippen molar-refractivity contribution in [3.63, 3.8) is 0 Å². The second kappa shape index (κ2) is 6.86. The number of aromatic nitrogens is 3. The van der Waals surface area contributed by atoms with Gasteiger partial charge in [0.25, 0.3) is 0 Å². The fraction of sp³-hybridized carbons (Fsp3) is 0.105. The molecule has 2 aromatic carbocycles. The molecule has 0 saturated carbocycles. The highest BCUT2D eigenvalue weighted by molar-refractivity contribution is 7.19. The van der Waals surface area contributed by atoms with Crippen molar-refractivity contribution in [1.82, 2.24) is 20.3 Å². The second-order valence-corrected chi connectivity index (χ2v) is 6.66. The van der Waals surface area contributed by atoms with E-state index >= 15 is 0 Å². The molecule has 124 valence electrons. The van der Waals surface area contributed by atoms with Gasteiger partial charge in [-0.15, -0.1) is 11.3 Å². The topological polar surface area (TPSA) is 70.7 Å². The summed E-state index contributed by atoms with van der Waals surface area (Å²) in [5, 5.41) is 3.70. The molecule has 4 rings (SSSR count). The highest BCUT2D eigenvalue weighted by Gasteiger charge is 2.03. The van der Waals surface area contributed by atoms with Gasteiger partial charge in [0, 0.05) is 19.0 Å². The Bertz CT molecular complexity index is 997. The van der Waals surface area contributed by atoms with Gasteiger partial charge in [-0.1, -0.05) is 24.3 Å². The smallest absolute Gasteiger partial charge is 0.244 e. The van der Waals surface area contributed by atoms with Crippen LogP contribution in [0.5, 0.6) is 0 Å². The summed E-state index contributed by atoms with van der Waals surface area (Å²) in [6.07, 6.45) is 3.94. The minimum absolute atomic E-state index is 0.129. The third-order valence-electron chi connectivity index (χ3n) is 3.79. The Kier molecular flexibility index (Phi) is 4.26. The fourth-order valence-corrected chi connectivity index (χ4v) is 3.47. The van der Waals surface area contributed by atoms with Crippen molar-refractivity contribution in [2.75, 3.05) is 6.54 Å². The number of amides is 1. The van der Waals surface area contributed by atoms with Crippen LogP contribution in [0, 0.1) is 0 Å². The first-order valence-electron chi connectivity index (χ1n) is 8.03. The molecule has 0 radical (unpaired) electrons. The van der Waals surface area contributed by atoms with Crippen LogP contribution in [0.25, 0.3) is 27.3 Å². The first-order chi connectivity index (χ1) is 12.3. The summed E-state index contributed by atoms with van der Waals surface area (Å²) >= 11 is 1.57. The number of H-pyrrole nitrogens is 1. The summed E-state index contributed by atoms with van der Waals surface area (Å²) in [6, 6.07) is 15.8. The predicted octanol–water partition coefficient (Wildman–Crippen LogP) is 3.54. The quantitative estimate of drug-likeness (QED) is 0.542. The zero-order valence-electron chi connectivity index (χ0n) is 13.4. The number of rotatable bonds is 5. The van der Waals surface area contributed by atoms with Crippen LogP contribution < -0.4 is 5.32 Å². The van der Waals surface area contributed by atoms with Gasteiger partial charge in [-0.25, -0.2) is 9.97 Å². The van der Waals surface area contributed by atoms with Crippen LogP contribution in [-0.2, 0) is 11.2 Å². The first-order valence-corrected chi connectivity index (χ1v) is 8.85. The molecule has 1 amide bonds. The van der Waals surface area contributed by atoms with E-state index in [9.17, 15) is 4.79 Å². The van der Waals surface area contributed by atoms with Gasteiger partial charge in [0.2, 0.25) is 5.91 Å². The van der Waals surface area contributed by atoms with Gasteiger partial charge in [-0.3, -0.25) is 4.79 Å². The molecule has 0 aliphatic rings. The number of nitrogens with zero attached hydrogens (tertiary/aromatic N) is 2. The molecule has 0 spiro atoms. The Morgan fingerprint density at radius 1 is 1.08 bits per heavy atom. The fourth-order valence-electron chi connectivity index (χ4n) is 2.60. The van der Waals surface area contributed by atoms with Crippen LogP contribution >= 0.6 is 11.3 Å². The van der Waals surface area contributed by atoms with Gasteiger partial charge >= 0.3 is 0 Å². The molecule has 0 unspecified atom stereocenters. The number of nitrogens with one attached hydrogen (secondary N) is 2. The Morgan fingerprint density at radius 2 is 1.88 bits per heavy atom. The number of carbonyl (C=O) groups excluding carboxylic acids is 1. The summed E-state index contributed by atoms with van der Waals surface area (Å²) < 4.78 is 1.12. The number of imidazole rings is 1. The number of benzene rings is 2. The molecule has 2 heterocycles. The van der Waals surface area contributed by atoms with Crippen LogP contribution in [0.4, 0.5) is 0 Å². The van der Waals surface area contributed by atoms with E-state index in [0.29, 0.717) is 13.0 Å². The Balaban J connectivity index is 1.32. The number of aromatic amines is 1. The van der Waals surface area contributed by atoms with E-state index in [4.69, 9.17) is 0 Å². The minimum Gasteiger partial charge on any atom is -0.352 e. The summed E-state index contributed by atoms with van der Waals surface area (Å²) in [7, 11) is 0. The monoisotopic (exact) mass is 348 g/mol. The van der Waals surface area contributed by atoms with Gasteiger partial charge in [0.05, 0.1) is 21.3 Å². The maximum atomic E-state index is 11.9. The van der Waals surface area contributed by atoms with E-state index in [0.717, 1.165) is 32.1 Å². The van der Waals surface area contributed by atoms with Gasteiger partial charge in [-0.2, -0.15) is 0 Å². The van der Waals surface area contributed by atoms with E-state index in [1.807, 2.05) is 48.5 Å². The molecule has 0 fully saturated rings. The zero-order chi connectivity index (χ0) is 17.1. The molecule has 0 aliphatic carbocycles. The zero-order valence-corrected chi connectivity index (χ0v) is 14.2. The molecule has 25 heavy (non-hydrogen) atoms. The predicted molar refractivity (Wildman–Crippen MR) is 101 cm³/mol. The van der Waals surface area contributed by atoms with Gasteiger partial charge < -0.3 is 10.3 Å². The van der Waals surface area contributed by atoms with Crippen molar-refractivity contribution in [3.8, 4) is 0 Å². The summed E-state index contributed by atoms with van der Waals surface area (Å²) in [5.41, 5.74) is 2.91. The molecular weight excluding hydrogens is 332 g/mol. The van der Waals surface area contributed by atoms with Gasteiger partial charge in [0.1, 0.15) is 10.8 Å². The SMILES string of the molecule is O=C(/C=C/c1nc2ccccc2s1)NCCc1nc2ccccc2[nH]1. The molecule has 2 aromatic heterocycles. The van der Waals surface area contributed by atoms with Crippen LogP contribution in [0.3, 0.4) is 0 Å². The molecule has 0 saturated heterocycles. The number of thiazole rings is 1. The third kappa shape index (κ3) is 3.59. The highest BCUT2D eigenvalue weighted by Crippen LogP contribution is 2.22. The van der Waals surface area contributed by atoms with Crippen LogP contribution in [0.15, 0.2) is 54.6 Å². The van der Waals surface area contributed by atoms with E-state index in [1.165, 1.54) is 6.08 Å². The van der Waals surface area contributed by atoms with Crippen LogP contribution in [-0.4, -0.2) is 27.4 Å². The Hall–Kier alpha value is -2.99. The van der Waals surface area contributed by atoms with Crippen molar-refractivity contribution in [2.24, 2.45) is 0 Å². The first kappa shape index (κ1) is 15.5. The lowest BCUT2D eigenvalue weighted by Crippen LogP contribution is -2.23. The number of carbonyl (C=O) groups is 1. The summed E-state index contributed by atoms with van der Waals surface area (Å²) in [5.74, 6) is 0.743. The normalized spacial score (nSPS) is 11.5. The largest absolute Gasteiger partial charge is 0.352 e. The second-order valence-electron chi connectivity index (χ2n) is 5.59. The number of hydrogen-bond acceptors (Lipinski definition) is 4. The van der Waals surface area contributed by atoms with Crippen molar-refractivity contribution in [2.45, 2.75) is 6.42 Å². The van der Waals surface area contributed by atoms with Crippen molar-refractivity contribution in [3.05, 3.63) is 65.4 Å². The molecular formula is C19H16N4OS. The average molecular weight is 348 g/mol. The number of para-hydroxylation sites is 3. The highest BCUT2D eigenvalue weighted by atomic mass is 32.1.